The lowest BCUT2D eigenvalue weighted by Gasteiger charge is -2.57. The lowest BCUT2D eigenvalue weighted by atomic mass is 9.48. The van der Waals surface area contributed by atoms with Gasteiger partial charge in [-0.05, 0) is 134 Å². The summed E-state index contributed by atoms with van der Waals surface area (Å²) in [6, 6.07) is 22.6. The van der Waals surface area contributed by atoms with Crippen LogP contribution in [0.25, 0.3) is 11.0 Å². The van der Waals surface area contributed by atoms with Crippen LogP contribution in [0.3, 0.4) is 0 Å². The van der Waals surface area contributed by atoms with Crippen molar-refractivity contribution < 1.29 is 19.1 Å². The third-order valence-electron chi connectivity index (χ3n) is 10.5. The van der Waals surface area contributed by atoms with Gasteiger partial charge in [0.25, 0.3) is 5.24 Å². The smallest absolute Gasteiger partial charge is 0.286 e. The first-order chi connectivity index (χ1) is 21.2. The first kappa shape index (κ1) is 27.7. The van der Waals surface area contributed by atoms with E-state index in [9.17, 15) is 9.59 Å². The maximum absolute atomic E-state index is 12.2. The quantitative estimate of drug-likeness (QED) is 0.221. The zero-order valence-electron chi connectivity index (χ0n) is 25.2. The van der Waals surface area contributed by atoms with Crippen LogP contribution < -0.4 is 14.8 Å². The monoisotopic (exact) mass is 607 g/mol. The first-order valence-corrected chi connectivity index (χ1v) is 16.6. The number of hydrogen-bond acceptors (Lipinski definition) is 6. The summed E-state index contributed by atoms with van der Waals surface area (Å²) in [5.74, 6) is 5.75. The topological polar surface area (TPSA) is 82.5 Å². The van der Waals surface area contributed by atoms with Crippen molar-refractivity contribution in [2.24, 2.45) is 24.8 Å². The van der Waals surface area contributed by atoms with E-state index in [1.165, 1.54) is 44.1 Å². The summed E-state index contributed by atoms with van der Waals surface area (Å²) in [7, 11) is 1.99. The molecule has 3 aromatic carbocycles. The zero-order chi connectivity index (χ0) is 30.1. The Hall–Kier alpha value is -3.78. The van der Waals surface area contributed by atoms with E-state index in [-0.39, 0.29) is 11.1 Å². The second kappa shape index (κ2) is 10.4. The van der Waals surface area contributed by atoms with Gasteiger partial charge in [0.15, 0.2) is 0 Å². The summed E-state index contributed by atoms with van der Waals surface area (Å²) in [4.78, 5) is 28.6. The van der Waals surface area contributed by atoms with Crippen LogP contribution in [-0.2, 0) is 30.3 Å². The van der Waals surface area contributed by atoms with E-state index in [1.807, 2.05) is 54.1 Å². The number of imide groups is 1. The number of nitrogens with zero attached hydrogens (tertiary/aromatic N) is 2. The van der Waals surface area contributed by atoms with Crippen LogP contribution in [0.5, 0.6) is 17.2 Å². The Labute approximate surface area is 261 Å². The molecule has 9 rings (SSSR count). The van der Waals surface area contributed by atoms with Crippen LogP contribution in [0.4, 0.5) is 4.79 Å². The molecule has 2 heterocycles. The number of thioether (sulfide) groups is 1. The van der Waals surface area contributed by atoms with Gasteiger partial charge in [0.2, 0.25) is 5.91 Å². The predicted octanol–water partition coefficient (Wildman–Crippen LogP) is 7.70. The summed E-state index contributed by atoms with van der Waals surface area (Å²) in [5.41, 5.74) is 4.75. The van der Waals surface area contributed by atoms with E-state index in [0.29, 0.717) is 24.2 Å². The number of hydrogen-bond donors (Lipinski definition) is 1. The standard InChI is InChI=1S/C36H37N3O4S/c1-35(33(40)38-34(41)44-35)17-22-3-7-27(8-4-22)42-21-32-37-30-12-11-29(16-31(30)39(32)2)43-28-9-5-26(6-10-28)36-18-23-13-24(19-36)15-25(14-23)20-36/h3-12,16,23-25H,13-15,17-21H2,1-2H3,(H,38,40,41)/t23?,24?,25?,35-,36?/m1/s1. The molecule has 1 saturated heterocycles. The van der Waals surface area contributed by atoms with Gasteiger partial charge in [0, 0.05) is 13.1 Å². The third kappa shape index (κ3) is 4.97. The fourth-order valence-electron chi connectivity index (χ4n) is 8.75. The van der Waals surface area contributed by atoms with Crippen LogP contribution in [0.2, 0.25) is 0 Å². The average Bonchev–Trinajstić information content (AvgIpc) is 3.44. The molecule has 0 radical (unpaired) electrons. The molecule has 5 fully saturated rings. The van der Waals surface area contributed by atoms with Crippen molar-refractivity contribution in [1.29, 1.82) is 0 Å². The average molecular weight is 608 g/mol. The number of imidazole rings is 1. The van der Waals surface area contributed by atoms with Crippen molar-refractivity contribution >= 4 is 33.9 Å². The first-order valence-electron chi connectivity index (χ1n) is 15.7. The van der Waals surface area contributed by atoms with Gasteiger partial charge in [0.05, 0.1) is 11.0 Å². The van der Waals surface area contributed by atoms with Crippen molar-refractivity contribution in [2.75, 3.05) is 0 Å². The number of carbonyl (C=O) groups excluding carboxylic acids is 2. The van der Waals surface area contributed by atoms with Crippen LogP contribution in [0.1, 0.15) is 62.4 Å². The molecule has 44 heavy (non-hydrogen) atoms. The van der Waals surface area contributed by atoms with Gasteiger partial charge in [0.1, 0.15) is 34.4 Å². The molecule has 1 N–H and O–H groups in total. The molecule has 4 aromatic rings. The highest BCUT2D eigenvalue weighted by atomic mass is 32.2. The van der Waals surface area contributed by atoms with Gasteiger partial charge in [-0.2, -0.15) is 0 Å². The number of ether oxygens (including phenoxy) is 2. The zero-order valence-corrected chi connectivity index (χ0v) is 26.0. The number of rotatable bonds is 8. The maximum Gasteiger partial charge on any atom is 0.286 e. The highest BCUT2D eigenvalue weighted by molar-refractivity contribution is 8.16. The lowest BCUT2D eigenvalue weighted by molar-refractivity contribution is -0.121. The maximum atomic E-state index is 12.2. The molecule has 8 heteroatoms. The number of benzene rings is 3. The van der Waals surface area contributed by atoms with Gasteiger partial charge in [-0.15, -0.1) is 0 Å². The van der Waals surface area contributed by atoms with Crippen molar-refractivity contribution in [2.45, 2.75) is 68.6 Å². The van der Waals surface area contributed by atoms with Crippen molar-refractivity contribution in [3.05, 3.63) is 83.7 Å². The van der Waals surface area contributed by atoms with Gasteiger partial charge >= 0.3 is 0 Å². The number of fused-ring (bicyclic) bond motifs is 1. The minimum absolute atomic E-state index is 0.242. The van der Waals surface area contributed by atoms with E-state index in [4.69, 9.17) is 14.5 Å². The molecule has 7 nitrogen and oxygen atoms in total. The summed E-state index contributed by atoms with van der Waals surface area (Å²) < 4.78 is 13.6. The fourth-order valence-corrected chi connectivity index (χ4v) is 9.68. The summed E-state index contributed by atoms with van der Waals surface area (Å²) in [6.45, 7) is 2.11. The Morgan fingerprint density at radius 2 is 1.52 bits per heavy atom. The molecule has 226 valence electrons. The molecule has 1 aromatic heterocycles. The largest absolute Gasteiger partial charge is 0.486 e. The van der Waals surface area contributed by atoms with E-state index in [2.05, 4.69) is 29.6 Å². The van der Waals surface area contributed by atoms with E-state index < -0.39 is 4.75 Å². The molecule has 4 aliphatic carbocycles. The molecule has 4 saturated carbocycles. The minimum Gasteiger partial charge on any atom is -0.486 e. The predicted molar refractivity (Wildman–Crippen MR) is 171 cm³/mol. The van der Waals surface area contributed by atoms with Gasteiger partial charge in [-0.3, -0.25) is 14.9 Å². The number of amides is 2. The molecule has 2 amide bonds. The van der Waals surface area contributed by atoms with Gasteiger partial charge in [-0.1, -0.05) is 24.3 Å². The Morgan fingerprint density at radius 1 is 0.886 bits per heavy atom. The SMILES string of the molecule is Cn1c(COc2ccc(C[C@@]3(C)SC(=O)NC3=O)cc2)nc2ccc(Oc3ccc(C45CC6CC(CC(C6)C4)C5)cc3)cc21. The number of aromatic nitrogens is 2. The second-order valence-electron chi connectivity index (χ2n) is 13.7. The van der Waals surface area contributed by atoms with Crippen molar-refractivity contribution in [3.8, 4) is 17.2 Å². The summed E-state index contributed by atoms with van der Waals surface area (Å²) in [6.07, 6.45) is 8.97. The molecular formula is C36H37N3O4S. The molecule has 0 unspecified atom stereocenters. The molecule has 1 aliphatic heterocycles. The normalized spacial score (nSPS) is 28.9. The van der Waals surface area contributed by atoms with Crippen molar-refractivity contribution in [1.82, 2.24) is 14.9 Å². The highest BCUT2D eigenvalue weighted by Gasteiger charge is 2.51. The highest BCUT2D eigenvalue weighted by Crippen LogP contribution is 2.60. The fraction of sp³-hybridized carbons (Fsp3) is 0.417. The Morgan fingerprint density at radius 3 is 2.16 bits per heavy atom. The van der Waals surface area contributed by atoms with E-state index in [0.717, 1.165) is 63.4 Å². The van der Waals surface area contributed by atoms with Gasteiger partial charge < -0.3 is 14.0 Å². The molecule has 1 atom stereocenters. The van der Waals surface area contributed by atoms with Crippen molar-refractivity contribution in [3.63, 3.8) is 0 Å². The number of nitrogens with one attached hydrogen (secondary N) is 1. The number of aryl methyl sites for hydroxylation is 1. The summed E-state index contributed by atoms with van der Waals surface area (Å²) >= 11 is 1.05. The van der Waals surface area contributed by atoms with E-state index >= 15 is 0 Å². The van der Waals surface area contributed by atoms with Crippen LogP contribution in [-0.4, -0.2) is 25.4 Å². The molecule has 0 spiro atoms. The molecule has 4 bridgehead atoms. The molecular weight excluding hydrogens is 570 g/mol. The minimum atomic E-state index is -0.785. The Balaban J connectivity index is 0.918. The van der Waals surface area contributed by atoms with E-state index in [1.54, 1.807) is 6.92 Å². The third-order valence-corrected chi connectivity index (χ3v) is 11.6. The Bertz CT molecular complexity index is 1730. The summed E-state index contributed by atoms with van der Waals surface area (Å²) in [5, 5.41) is 2.08. The lowest BCUT2D eigenvalue weighted by Crippen LogP contribution is -2.48. The Kier molecular flexibility index (Phi) is 6.56. The second-order valence-corrected chi connectivity index (χ2v) is 15.2. The van der Waals surface area contributed by atoms with Crippen LogP contribution in [0, 0.1) is 17.8 Å². The van der Waals surface area contributed by atoms with Crippen LogP contribution in [0.15, 0.2) is 66.7 Å². The molecule has 5 aliphatic rings. The van der Waals surface area contributed by atoms with Crippen LogP contribution >= 0.6 is 11.8 Å². The van der Waals surface area contributed by atoms with Gasteiger partial charge in [-0.25, -0.2) is 4.98 Å². The number of carbonyl (C=O) groups is 2.